The fourth-order valence-electron chi connectivity index (χ4n) is 5.09. The van der Waals surface area contributed by atoms with Crippen molar-refractivity contribution in [1.29, 1.82) is 0 Å². The minimum atomic E-state index is -1.14. The molecule has 1 fully saturated rings. The van der Waals surface area contributed by atoms with Crippen LogP contribution in [0.15, 0.2) is 108 Å². The summed E-state index contributed by atoms with van der Waals surface area (Å²) in [7, 11) is 0. The Bertz CT molecular complexity index is 1890. The van der Waals surface area contributed by atoms with E-state index >= 15 is 0 Å². The first-order valence-electron chi connectivity index (χ1n) is 17.2. The van der Waals surface area contributed by atoms with Crippen molar-refractivity contribution in [3.63, 3.8) is 0 Å². The van der Waals surface area contributed by atoms with Gasteiger partial charge in [0.05, 0.1) is 25.0 Å². The Morgan fingerprint density at radius 3 is 2.10 bits per heavy atom. The van der Waals surface area contributed by atoms with Crippen LogP contribution in [0.3, 0.4) is 0 Å². The van der Waals surface area contributed by atoms with Gasteiger partial charge in [-0.1, -0.05) is 54.6 Å². The van der Waals surface area contributed by atoms with Crippen LogP contribution in [-0.2, 0) is 24.4 Å². The number of hydrogen-bond donors (Lipinski definition) is 1. The normalized spacial score (nSPS) is 11.8. The molecule has 1 aromatic heterocycles. The van der Waals surface area contributed by atoms with Gasteiger partial charge in [0.15, 0.2) is 5.89 Å². The van der Waals surface area contributed by atoms with E-state index in [-0.39, 0.29) is 12.6 Å². The van der Waals surface area contributed by atoms with Gasteiger partial charge in [0.2, 0.25) is 0 Å². The maximum atomic E-state index is 12.8. The monoisotopic (exact) mass is 708 g/mol. The van der Waals surface area contributed by atoms with Gasteiger partial charge >= 0.3 is 12.1 Å². The quantitative estimate of drug-likeness (QED) is 0.107. The van der Waals surface area contributed by atoms with Crippen molar-refractivity contribution >= 4 is 12.1 Å². The maximum Gasteiger partial charge on any atom is 0.416 e. The molecule has 1 aliphatic rings. The number of aromatic nitrogens is 1. The van der Waals surface area contributed by atoms with Crippen molar-refractivity contribution in [3.05, 3.63) is 132 Å². The number of aryl methyl sites for hydroxylation is 2. The van der Waals surface area contributed by atoms with Gasteiger partial charge in [-0.05, 0) is 74.2 Å². The molecule has 5 aromatic rings. The Hall–Kier alpha value is -5.97. The van der Waals surface area contributed by atoms with E-state index in [1.54, 1.807) is 55.5 Å². The SMILES string of the molecule is CCOc1cccc(OCc2ccccc2)c1.Cc1nc(CCOc2cccc(CN(CC(=O)O)C(=O)Oc3cccc(OC4CC4)c3)c2)c(C)o1. The molecule has 6 rings (SSSR count). The van der Waals surface area contributed by atoms with Crippen molar-refractivity contribution in [3.8, 4) is 28.7 Å². The number of rotatable bonds is 16. The molecule has 52 heavy (non-hydrogen) atoms. The molecule has 0 atom stereocenters. The minimum Gasteiger partial charge on any atom is -0.494 e. The molecule has 4 aromatic carbocycles. The summed E-state index contributed by atoms with van der Waals surface area (Å²) in [5, 5.41) is 9.32. The highest BCUT2D eigenvalue weighted by molar-refractivity contribution is 5.78. The van der Waals surface area contributed by atoms with Crippen LogP contribution in [0.4, 0.5) is 4.79 Å². The van der Waals surface area contributed by atoms with Gasteiger partial charge in [0.1, 0.15) is 47.7 Å². The van der Waals surface area contributed by atoms with Crippen LogP contribution in [0.1, 0.15) is 48.2 Å². The number of carbonyl (C=O) groups excluding carboxylic acids is 1. The molecule has 1 aliphatic carbocycles. The highest BCUT2D eigenvalue weighted by atomic mass is 16.6. The van der Waals surface area contributed by atoms with Crippen LogP contribution in [0, 0.1) is 13.8 Å². The molecule has 0 saturated heterocycles. The highest BCUT2D eigenvalue weighted by Crippen LogP contribution is 2.29. The van der Waals surface area contributed by atoms with E-state index < -0.39 is 18.6 Å². The first-order valence-corrected chi connectivity index (χ1v) is 17.2. The summed E-state index contributed by atoms with van der Waals surface area (Å²) in [5.74, 6) is 3.44. The number of carboxylic acid groups (broad SMARTS) is 1. The lowest BCUT2D eigenvalue weighted by atomic mass is 10.2. The lowest BCUT2D eigenvalue weighted by Crippen LogP contribution is -2.37. The molecular formula is C41H44N2O9. The zero-order valence-corrected chi connectivity index (χ0v) is 29.7. The molecule has 1 amide bonds. The highest BCUT2D eigenvalue weighted by Gasteiger charge is 2.24. The van der Waals surface area contributed by atoms with Gasteiger partial charge < -0.3 is 33.2 Å². The number of benzene rings is 4. The van der Waals surface area contributed by atoms with Gasteiger partial charge in [-0.3, -0.25) is 9.69 Å². The van der Waals surface area contributed by atoms with E-state index in [0.29, 0.717) is 54.9 Å². The fraction of sp³-hybridized carbons (Fsp3) is 0.293. The van der Waals surface area contributed by atoms with Crippen molar-refractivity contribution in [2.45, 2.75) is 59.3 Å². The summed E-state index contributed by atoms with van der Waals surface area (Å²) in [5.41, 5.74) is 2.72. The topological polar surface area (TPSA) is 130 Å². The van der Waals surface area contributed by atoms with Crippen molar-refractivity contribution in [1.82, 2.24) is 9.88 Å². The number of carboxylic acids is 1. The third kappa shape index (κ3) is 12.4. The summed E-state index contributed by atoms with van der Waals surface area (Å²) >= 11 is 0. The molecule has 0 aliphatic heterocycles. The Kier molecular flexibility index (Phi) is 13.5. The Morgan fingerprint density at radius 2 is 1.42 bits per heavy atom. The Balaban J connectivity index is 0.000000257. The Labute approximate surface area is 303 Å². The zero-order valence-electron chi connectivity index (χ0n) is 29.7. The van der Waals surface area contributed by atoms with Crippen LogP contribution >= 0.6 is 0 Å². The summed E-state index contributed by atoms with van der Waals surface area (Å²) in [6.07, 6.45) is 2.06. The molecule has 1 heterocycles. The predicted molar refractivity (Wildman–Crippen MR) is 194 cm³/mol. The molecule has 11 heteroatoms. The standard InChI is InChI=1S/C26H28N2O7.C15H16O2/c1-17-24(27-18(2)33-17)11-12-32-21-6-3-5-19(13-21)15-28(16-25(29)30)26(31)35-23-8-4-7-22(14-23)34-20-9-10-20;1-2-16-14-9-6-10-15(11-14)17-12-13-7-4-3-5-8-13/h3-8,13-14,20H,9-12,15-16H2,1-2H3,(H,29,30);3-11H,2,12H2,1H3. The number of hydrogen-bond acceptors (Lipinski definition) is 9. The van der Waals surface area contributed by atoms with E-state index in [9.17, 15) is 14.7 Å². The lowest BCUT2D eigenvalue weighted by Gasteiger charge is -2.20. The molecule has 0 bridgehead atoms. The van der Waals surface area contributed by atoms with Crippen LogP contribution in [0.5, 0.6) is 28.7 Å². The van der Waals surface area contributed by atoms with Crippen LogP contribution < -0.4 is 23.7 Å². The number of amides is 1. The van der Waals surface area contributed by atoms with E-state index in [1.165, 1.54) is 0 Å². The van der Waals surface area contributed by atoms with Gasteiger partial charge in [-0.25, -0.2) is 9.78 Å². The predicted octanol–water partition coefficient (Wildman–Crippen LogP) is 8.20. The summed E-state index contributed by atoms with van der Waals surface area (Å²) in [4.78, 5) is 29.7. The van der Waals surface area contributed by atoms with Crippen molar-refractivity contribution in [2.24, 2.45) is 0 Å². The number of oxazole rings is 1. The summed E-state index contributed by atoms with van der Waals surface area (Å²) < 4.78 is 33.6. The van der Waals surface area contributed by atoms with E-state index in [0.717, 1.165) is 46.3 Å². The molecule has 0 unspecified atom stereocenters. The van der Waals surface area contributed by atoms with Gasteiger partial charge in [0.25, 0.3) is 0 Å². The number of aliphatic carboxylic acids is 1. The average Bonchev–Trinajstić information content (AvgIpc) is 3.89. The van der Waals surface area contributed by atoms with E-state index in [4.69, 9.17) is 28.1 Å². The lowest BCUT2D eigenvalue weighted by molar-refractivity contribution is -0.138. The van der Waals surface area contributed by atoms with Crippen molar-refractivity contribution < 1.29 is 42.8 Å². The first-order chi connectivity index (χ1) is 25.2. The molecule has 272 valence electrons. The molecule has 1 saturated carbocycles. The fourth-order valence-corrected chi connectivity index (χ4v) is 5.09. The van der Waals surface area contributed by atoms with Gasteiger partial charge in [0, 0.05) is 32.0 Å². The average molecular weight is 709 g/mol. The largest absolute Gasteiger partial charge is 0.494 e. The minimum absolute atomic E-state index is 0.0438. The molecule has 1 N–H and O–H groups in total. The molecule has 0 radical (unpaired) electrons. The third-order valence-corrected chi connectivity index (χ3v) is 7.67. The van der Waals surface area contributed by atoms with Gasteiger partial charge in [-0.15, -0.1) is 0 Å². The second-order valence-electron chi connectivity index (χ2n) is 12.1. The van der Waals surface area contributed by atoms with Crippen LogP contribution in [-0.4, -0.2) is 52.9 Å². The van der Waals surface area contributed by atoms with E-state index in [2.05, 4.69) is 4.98 Å². The van der Waals surface area contributed by atoms with Gasteiger partial charge in [-0.2, -0.15) is 0 Å². The first kappa shape index (κ1) is 37.3. The molecule has 0 spiro atoms. The third-order valence-electron chi connectivity index (χ3n) is 7.67. The summed E-state index contributed by atoms with van der Waals surface area (Å²) in [6.45, 7) is 6.82. The number of ether oxygens (including phenoxy) is 5. The van der Waals surface area contributed by atoms with Crippen LogP contribution in [0.2, 0.25) is 0 Å². The maximum absolute atomic E-state index is 12.8. The summed E-state index contributed by atoms with van der Waals surface area (Å²) in [6, 6.07) is 31.8. The van der Waals surface area contributed by atoms with Crippen LogP contribution in [0.25, 0.3) is 0 Å². The molecular weight excluding hydrogens is 664 g/mol. The Morgan fingerprint density at radius 1 is 0.788 bits per heavy atom. The number of carbonyl (C=O) groups is 2. The second-order valence-corrected chi connectivity index (χ2v) is 12.1. The number of nitrogens with zero attached hydrogens (tertiary/aromatic N) is 2. The second kappa shape index (κ2) is 18.9. The van der Waals surface area contributed by atoms with Crippen molar-refractivity contribution in [2.75, 3.05) is 19.8 Å². The smallest absolute Gasteiger partial charge is 0.416 e. The van der Waals surface area contributed by atoms with E-state index in [1.807, 2.05) is 68.4 Å². The zero-order chi connectivity index (χ0) is 36.7. The molecule has 11 nitrogen and oxygen atoms in total.